The highest BCUT2D eigenvalue weighted by Crippen LogP contribution is 2.03. The molecule has 15 heavy (non-hydrogen) atoms. The van der Waals surface area contributed by atoms with Gasteiger partial charge in [-0.25, -0.2) is 0 Å². The third kappa shape index (κ3) is 4.85. The third-order valence-electron chi connectivity index (χ3n) is 2.05. The van der Waals surface area contributed by atoms with Crippen LogP contribution < -0.4 is 5.73 Å². The molecule has 0 radical (unpaired) electrons. The van der Waals surface area contributed by atoms with Crippen molar-refractivity contribution in [2.75, 3.05) is 13.1 Å². The normalized spacial score (nSPS) is 10.5. The molecule has 1 rings (SSSR count). The molecule has 3 nitrogen and oxygen atoms in total. The standard InChI is InChI=1S/C11H17N3S/c1-2-6-14(9-11(12)15)8-10-4-3-5-13-7-10/h3-5,7H,2,6,8-9H2,1H3,(H2,12,15). The molecule has 0 amide bonds. The largest absolute Gasteiger partial charge is 0.392 e. The Kier molecular flexibility index (Phi) is 5.21. The summed E-state index contributed by atoms with van der Waals surface area (Å²) in [4.78, 5) is 6.87. The van der Waals surface area contributed by atoms with Crippen molar-refractivity contribution in [3.05, 3.63) is 30.1 Å². The van der Waals surface area contributed by atoms with Crippen molar-refractivity contribution in [2.45, 2.75) is 19.9 Å². The topological polar surface area (TPSA) is 42.1 Å². The monoisotopic (exact) mass is 223 g/mol. The summed E-state index contributed by atoms with van der Waals surface area (Å²) in [6, 6.07) is 4.01. The Hall–Kier alpha value is -1.00. The highest BCUT2D eigenvalue weighted by atomic mass is 32.1. The van der Waals surface area contributed by atoms with Crippen molar-refractivity contribution < 1.29 is 0 Å². The van der Waals surface area contributed by atoms with Gasteiger partial charge in [-0.2, -0.15) is 0 Å². The Labute approximate surface area is 96.3 Å². The van der Waals surface area contributed by atoms with E-state index in [2.05, 4.69) is 22.9 Å². The number of nitrogens with two attached hydrogens (primary N) is 1. The van der Waals surface area contributed by atoms with Gasteiger partial charge >= 0.3 is 0 Å². The Morgan fingerprint density at radius 1 is 1.60 bits per heavy atom. The van der Waals surface area contributed by atoms with Crippen LogP contribution in [0.2, 0.25) is 0 Å². The van der Waals surface area contributed by atoms with E-state index in [9.17, 15) is 0 Å². The smallest absolute Gasteiger partial charge is 0.0870 e. The van der Waals surface area contributed by atoms with Crippen LogP contribution in [0.5, 0.6) is 0 Å². The highest BCUT2D eigenvalue weighted by Gasteiger charge is 2.05. The van der Waals surface area contributed by atoms with E-state index in [0.717, 1.165) is 19.5 Å². The van der Waals surface area contributed by atoms with Crippen LogP contribution >= 0.6 is 12.2 Å². The first-order valence-corrected chi connectivity index (χ1v) is 5.52. The Bertz CT molecular complexity index is 300. The van der Waals surface area contributed by atoms with E-state index in [4.69, 9.17) is 18.0 Å². The summed E-state index contributed by atoms with van der Waals surface area (Å²) in [5.74, 6) is 0. The van der Waals surface area contributed by atoms with Crippen LogP contribution in [0.15, 0.2) is 24.5 Å². The van der Waals surface area contributed by atoms with Crippen LogP contribution in [-0.4, -0.2) is 28.0 Å². The number of pyridine rings is 1. The fraction of sp³-hybridized carbons (Fsp3) is 0.455. The quantitative estimate of drug-likeness (QED) is 0.744. The molecule has 1 aromatic heterocycles. The van der Waals surface area contributed by atoms with E-state index in [1.54, 1.807) is 6.20 Å². The molecule has 2 N–H and O–H groups in total. The first-order chi connectivity index (χ1) is 7.22. The fourth-order valence-corrected chi connectivity index (χ4v) is 1.68. The third-order valence-corrected chi connectivity index (χ3v) is 2.18. The molecular weight excluding hydrogens is 206 g/mol. The molecule has 0 aliphatic carbocycles. The predicted octanol–water partition coefficient (Wildman–Crippen LogP) is 1.58. The van der Waals surface area contributed by atoms with Gasteiger partial charge in [-0.05, 0) is 24.6 Å². The van der Waals surface area contributed by atoms with Gasteiger partial charge < -0.3 is 5.73 Å². The second kappa shape index (κ2) is 6.48. The second-order valence-corrected chi connectivity index (χ2v) is 4.06. The molecule has 0 spiro atoms. The van der Waals surface area contributed by atoms with Crippen molar-refractivity contribution in [3.63, 3.8) is 0 Å². The van der Waals surface area contributed by atoms with Gasteiger partial charge in [0.25, 0.3) is 0 Å². The average molecular weight is 223 g/mol. The molecule has 82 valence electrons. The van der Waals surface area contributed by atoms with Crippen molar-refractivity contribution >= 4 is 17.2 Å². The maximum Gasteiger partial charge on any atom is 0.0870 e. The fourth-order valence-electron chi connectivity index (χ4n) is 1.50. The lowest BCUT2D eigenvalue weighted by Crippen LogP contribution is -2.32. The summed E-state index contributed by atoms with van der Waals surface area (Å²) < 4.78 is 0. The van der Waals surface area contributed by atoms with Crippen LogP contribution in [0.3, 0.4) is 0 Å². The van der Waals surface area contributed by atoms with Gasteiger partial charge in [-0.1, -0.05) is 25.2 Å². The van der Waals surface area contributed by atoms with E-state index in [0.29, 0.717) is 11.5 Å². The first-order valence-electron chi connectivity index (χ1n) is 5.12. The Balaban J connectivity index is 2.54. The number of nitrogens with zero attached hydrogens (tertiary/aromatic N) is 2. The van der Waals surface area contributed by atoms with Gasteiger partial charge in [0.05, 0.1) is 4.99 Å². The van der Waals surface area contributed by atoms with Gasteiger partial charge in [-0.15, -0.1) is 0 Å². The predicted molar refractivity (Wildman–Crippen MR) is 66.6 cm³/mol. The number of hydrogen-bond donors (Lipinski definition) is 1. The lowest BCUT2D eigenvalue weighted by atomic mass is 10.2. The number of aromatic nitrogens is 1. The molecular formula is C11H17N3S. The summed E-state index contributed by atoms with van der Waals surface area (Å²) in [5.41, 5.74) is 6.75. The minimum Gasteiger partial charge on any atom is -0.392 e. The Morgan fingerprint density at radius 2 is 2.40 bits per heavy atom. The molecule has 4 heteroatoms. The summed E-state index contributed by atoms with van der Waals surface area (Å²) in [5, 5.41) is 0. The van der Waals surface area contributed by atoms with Crippen molar-refractivity contribution in [1.29, 1.82) is 0 Å². The molecule has 0 aromatic carbocycles. The molecule has 0 aliphatic rings. The zero-order chi connectivity index (χ0) is 11.1. The Morgan fingerprint density at radius 3 is 2.93 bits per heavy atom. The molecule has 0 bridgehead atoms. The average Bonchev–Trinajstić information content (AvgIpc) is 2.18. The van der Waals surface area contributed by atoms with Gasteiger partial charge in [0.1, 0.15) is 0 Å². The molecule has 1 aromatic rings. The van der Waals surface area contributed by atoms with Gasteiger partial charge in [-0.3, -0.25) is 9.88 Å². The molecule has 0 unspecified atom stereocenters. The van der Waals surface area contributed by atoms with Crippen LogP contribution in [-0.2, 0) is 6.54 Å². The summed E-state index contributed by atoms with van der Waals surface area (Å²) in [6.07, 6.45) is 4.76. The van der Waals surface area contributed by atoms with E-state index in [1.807, 2.05) is 12.3 Å². The zero-order valence-electron chi connectivity index (χ0n) is 9.02. The van der Waals surface area contributed by atoms with Crippen LogP contribution in [0.4, 0.5) is 0 Å². The minimum absolute atomic E-state index is 0.548. The van der Waals surface area contributed by atoms with Crippen LogP contribution in [0.1, 0.15) is 18.9 Å². The minimum atomic E-state index is 0.548. The van der Waals surface area contributed by atoms with E-state index in [1.165, 1.54) is 5.56 Å². The lowest BCUT2D eigenvalue weighted by Gasteiger charge is -2.20. The number of thiocarbonyl (C=S) groups is 1. The molecule has 0 aliphatic heterocycles. The van der Waals surface area contributed by atoms with E-state index >= 15 is 0 Å². The molecule has 0 saturated carbocycles. The number of rotatable bonds is 6. The van der Waals surface area contributed by atoms with E-state index in [-0.39, 0.29) is 0 Å². The lowest BCUT2D eigenvalue weighted by molar-refractivity contribution is 0.304. The van der Waals surface area contributed by atoms with Gasteiger partial charge in [0.2, 0.25) is 0 Å². The SMILES string of the molecule is CCCN(CC(N)=S)Cc1cccnc1. The first kappa shape index (κ1) is 12.1. The van der Waals surface area contributed by atoms with Gasteiger partial charge in [0, 0.05) is 25.5 Å². The molecule has 0 fully saturated rings. The van der Waals surface area contributed by atoms with Crippen LogP contribution in [0, 0.1) is 0 Å². The molecule has 1 heterocycles. The molecule has 0 atom stereocenters. The summed E-state index contributed by atoms with van der Waals surface area (Å²) >= 11 is 4.92. The molecule has 0 saturated heterocycles. The summed E-state index contributed by atoms with van der Waals surface area (Å²) in [6.45, 7) is 4.69. The van der Waals surface area contributed by atoms with E-state index < -0.39 is 0 Å². The van der Waals surface area contributed by atoms with Crippen molar-refractivity contribution in [3.8, 4) is 0 Å². The second-order valence-electron chi connectivity index (χ2n) is 3.54. The van der Waals surface area contributed by atoms with Crippen molar-refractivity contribution in [2.24, 2.45) is 5.73 Å². The zero-order valence-corrected chi connectivity index (χ0v) is 9.83. The maximum absolute atomic E-state index is 5.55. The maximum atomic E-state index is 5.55. The van der Waals surface area contributed by atoms with Gasteiger partial charge in [0.15, 0.2) is 0 Å². The number of hydrogen-bond acceptors (Lipinski definition) is 3. The summed E-state index contributed by atoms with van der Waals surface area (Å²) in [7, 11) is 0. The van der Waals surface area contributed by atoms with Crippen molar-refractivity contribution in [1.82, 2.24) is 9.88 Å². The highest BCUT2D eigenvalue weighted by molar-refractivity contribution is 7.80. The van der Waals surface area contributed by atoms with Crippen LogP contribution in [0.25, 0.3) is 0 Å².